The van der Waals surface area contributed by atoms with Crippen molar-refractivity contribution in [1.29, 1.82) is 0 Å². The fraction of sp³-hybridized carbons (Fsp3) is 1.00. The summed E-state index contributed by atoms with van der Waals surface area (Å²) in [5.41, 5.74) is 0.238. The summed E-state index contributed by atoms with van der Waals surface area (Å²) in [5, 5.41) is 3.64. The van der Waals surface area contributed by atoms with E-state index in [4.69, 9.17) is 0 Å². The number of nitrogens with zero attached hydrogens (tertiary/aromatic N) is 1. The van der Waals surface area contributed by atoms with Gasteiger partial charge in [0.1, 0.15) is 0 Å². The zero-order chi connectivity index (χ0) is 12.9. The third kappa shape index (κ3) is 5.87. The minimum absolute atomic E-state index is 0.238. The Bertz CT molecular complexity index is 201. The summed E-state index contributed by atoms with van der Waals surface area (Å²) < 4.78 is 0. The van der Waals surface area contributed by atoms with E-state index in [2.05, 4.69) is 45.0 Å². The molecule has 0 amide bonds. The first-order valence-corrected chi connectivity index (χ1v) is 7.37. The van der Waals surface area contributed by atoms with Gasteiger partial charge in [-0.25, -0.2) is 0 Å². The molecule has 1 rings (SSSR count). The maximum absolute atomic E-state index is 3.64. The molecule has 17 heavy (non-hydrogen) atoms. The van der Waals surface area contributed by atoms with Crippen molar-refractivity contribution in [2.45, 2.75) is 71.4 Å². The smallest absolute Gasteiger partial charge is 0.0215 e. The van der Waals surface area contributed by atoms with Gasteiger partial charge in [-0.1, -0.05) is 19.8 Å². The summed E-state index contributed by atoms with van der Waals surface area (Å²) in [7, 11) is 2.30. The maximum atomic E-state index is 3.64. The molecule has 2 heteroatoms. The molecule has 1 aliphatic rings. The highest BCUT2D eigenvalue weighted by Gasteiger charge is 2.21. The van der Waals surface area contributed by atoms with Crippen LogP contribution in [0.5, 0.6) is 0 Å². The van der Waals surface area contributed by atoms with E-state index in [1.165, 1.54) is 38.6 Å². The van der Waals surface area contributed by atoms with E-state index in [-0.39, 0.29) is 5.54 Å². The molecule has 102 valence electrons. The van der Waals surface area contributed by atoms with Crippen molar-refractivity contribution in [2.75, 3.05) is 20.1 Å². The molecular weight excluding hydrogens is 208 g/mol. The van der Waals surface area contributed by atoms with Crippen molar-refractivity contribution in [3.8, 4) is 0 Å². The quantitative estimate of drug-likeness (QED) is 0.766. The van der Waals surface area contributed by atoms with E-state index in [0.29, 0.717) is 6.04 Å². The van der Waals surface area contributed by atoms with E-state index in [1.54, 1.807) is 0 Å². The van der Waals surface area contributed by atoms with Crippen LogP contribution in [-0.4, -0.2) is 36.6 Å². The van der Waals surface area contributed by atoms with Gasteiger partial charge in [-0.3, -0.25) is 0 Å². The predicted molar refractivity (Wildman–Crippen MR) is 76.4 cm³/mol. The van der Waals surface area contributed by atoms with Gasteiger partial charge in [-0.15, -0.1) is 0 Å². The normalized spacial score (nSPS) is 20.1. The van der Waals surface area contributed by atoms with Gasteiger partial charge in [0.05, 0.1) is 0 Å². The van der Waals surface area contributed by atoms with E-state index >= 15 is 0 Å². The molecule has 0 heterocycles. The zero-order valence-electron chi connectivity index (χ0n) is 12.6. The lowest BCUT2D eigenvalue weighted by Crippen LogP contribution is -2.47. The van der Waals surface area contributed by atoms with E-state index in [9.17, 15) is 0 Å². The lowest BCUT2D eigenvalue weighted by atomic mass is 10.0. The first kappa shape index (κ1) is 15.0. The molecule has 0 aromatic carbocycles. The Morgan fingerprint density at radius 2 is 1.82 bits per heavy atom. The molecule has 1 N–H and O–H groups in total. The number of hydrogen-bond donors (Lipinski definition) is 1. The van der Waals surface area contributed by atoms with Crippen molar-refractivity contribution < 1.29 is 0 Å². The Morgan fingerprint density at radius 1 is 1.24 bits per heavy atom. The standard InChI is InChI=1S/C15H32N2/c1-6-14(11-16-15(2,3)4)17(5)12-13-9-7-8-10-13/h13-14,16H,6-12H2,1-5H3. The van der Waals surface area contributed by atoms with Crippen molar-refractivity contribution >= 4 is 0 Å². The molecule has 0 saturated heterocycles. The second-order valence-electron chi connectivity index (χ2n) is 6.78. The lowest BCUT2D eigenvalue weighted by molar-refractivity contribution is 0.188. The molecule has 0 spiro atoms. The Morgan fingerprint density at radius 3 is 2.29 bits per heavy atom. The van der Waals surface area contributed by atoms with Gasteiger partial charge in [0.25, 0.3) is 0 Å². The largest absolute Gasteiger partial charge is 0.311 e. The van der Waals surface area contributed by atoms with Crippen LogP contribution in [0.4, 0.5) is 0 Å². The summed E-state index contributed by atoms with van der Waals surface area (Å²) in [6.45, 7) is 11.5. The molecule has 2 nitrogen and oxygen atoms in total. The van der Waals surface area contributed by atoms with Gasteiger partial charge >= 0.3 is 0 Å². The molecule has 1 aliphatic carbocycles. The van der Waals surface area contributed by atoms with Crippen LogP contribution >= 0.6 is 0 Å². The molecule has 0 aromatic heterocycles. The van der Waals surface area contributed by atoms with Gasteiger partial charge in [-0.2, -0.15) is 0 Å². The van der Waals surface area contributed by atoms with E-state index < -0.39 is 0 Å². The minimum atomic E-state index is 0.238. The lowest BCUT2D eigenvalue weighted by Gasteiger charge is -2.32. The Hall–Kier alpha value is -0.0800. The predicted octanol–water partition coefficient (Wildman–Crippen LogP) is 3.28. The first-order chi connectivity index (χ1) is 7.92. The van der Waals surface area contributed by atoms with Crippen molar-refractivity contribution in [1.82, 2.24) is 10.2 Å². The van der Waals surface area contributed by atoms with Crippen LogP contribution in [0.1, 0.15) is 59.8 Å². The van der Waals surface area contributed by atoms with E-state index in [1.807, 2.05) is 0 Å². The second-order valence-corrected chi connectivity index (χ2v) is 6.78. The highest BCUT2D eigenvalue weighted by atomic mass is 15.2. The van der Waals surface area contributed by atoms with Crippen LogP contribution in [0.3, 0.4) is 0 Å². The first-order valence-electron chi connectivity index (χ1n) is 7.37. The van der Waals surface area contributed by atoms with Crippen LogP contribution in [0, 0.1) is 5.92 Å². The molecule has 1 saturated carbocycles. The molecular formula is C15H32N2. The van der Waals surface area contributed by atoms with Crippen LogP contribution in [0.15, 0.2) is 0 Å². The Balaban J connectivity index is 2.32. The van der Waals surface area contributed by atoms with Gasteiger partial charge in [0.15, 0.2) is 0 Å². The van der Waals surface area contributed by atoms with Gasteiger partial charge in [0.2, 0.25) is 0 Å². The zero-order valence-corrected chi connectivity index (χ0v) is 12.6. The maximum Gasteiger partial charge on any atom is 0.0215 e. The Labute approximate surface area is 108 Å². The fourth-order valence-corrected chi connectivity index (χ4v) is 2.79. The third-order valence-electron chi connectivity index (χ3n) is 3.98. The summed E-state index contributed by atoms with van der Waals surface area (Å²) >= 11 is 0. The molecule has 0 radical (unpaired) electrons. The summed E-state index contributed by atoms with van der Waals surface area (Å²) in [6, 6.07) is 0.690. The summed E-state index contributed by atoms with van der Waals surface area (Å²) in [5.74, 6) is 0.962. The highest BCUT2D eigenvalue weighted by molar-refractivity contribution is 4.79. The molecule has 0 aliphatic heterocycles. The fourth-order valence-electron chi connectivity index (χ4n) is 2.79. The van der Waals surface area contributed by atoms with Crippen LogP contribution in [0.25, 0.3) is 0 Å². The summed E-state index contributed by atoms with van der Waals surface area (Å²) in [4.78, 5) is 2.58. The van der Waals surface area contributed by atoms with Crippen LogP contribution < -0.4 is 5.32 Å². The van der Waals surface area contributed by atoms with Gasteiger partial charge in [0, 0.05) is 24.7 Å². The molecule has 1 unspecified atom stereocenters. The molecule has 0 aromatic rings. The minimum Gasteiger partial charge on any atom is -0.311 e. The van der Waals surface area contributed by atoms with E-state index in [0.717, 1.165) is 12.5 Å². The average molecular weight is 240 g/mol. The molecule has 1 atom stereocenters. The number of hydrogen-bond acceptors (Lipinski definition) is 2. The monoisotopic (exact) mass is 240 g/mol. The van der Waals surface area contributed by atoms with Crippen LogP contribution in [0.2, 0.25) is 0 Å². The number of likely N-dealkylation sites (N-methyl/N-ethyl adjacent to an activating group) is 1. The molecule has 0 bridgehead atoms. The molecule has 1 fully saturated rings. The average Bonchev–Trinajstić information content (AvgIpc) is 2.69. The van der Waals surface area contributed by atoms with Crippen molar-refractivity contribution in [3.05, 3.63) is 0 Å². The second kappa shape index (κ2) is 6.75. The van der Waals surface area contributed by atoms with Gasteiger partial charge < -0.3 is 10.2 Å². The number of rotatable bonds is 6. The van der Waals surface area contributed by atoms with Crippen molar-refractivity contribution in [2.24, 2.45) is 5.92 Å². The topological polar surface area (TPSA) is 15.3 Å². The SMILES string of the molecule is CCC(CNC(C)(C)C)N(C)CC1CCCC1. The van der Waals surface area contributed by atoms with Gasteiger partial charge in [-0.05, 0) is 53.0 Å². The number of nitrogens with one attached hydrogen (secondary N) is 1. The van der Waals surface area contributed by atoms with Crippen LogP contribution in [-0.2, 0) is 0 Å². The Kier molecular flexibility index (Phi) is 5.94. The summed E-state index contributed by atoms with van der Waals surface area (Å²) in [6.07, 6.45) is 7.05. The third-order valence-corrected chi connectivity index (χ3v) is 3.98. The highest BCUT2D eigenvalue weighted by Crippen LogP contribution is 2.25. The van der Waals surface area contributed by atoms with Crippen molar-refractivity contribution in [3.63, 3.8) is 0 Å².